The van der Waals surface area contributed by atoms with Gasteiger partial charge in [0, 0.05) is 19.2 Å². The first-order valence-electron chi connectivity index (χ1n) is 8.97. The molecular formula is C22H23NO5. The van der Waals surface area contributed by atoms with Gasteiger partial charge in [0.25, 0.3) is 11.7 Å². The second-order valence-corrected chi connectivity index (χ2v) is 6.58. The van der Waals surface area contributed by atoms with Crippen molar-refractivity contribution in [2.75, 3.05) is 27.4 Å². The number of amides is 1. The lowest BCUT2D eigenvalue weighted by atomic mass is 9.94. The van der Waals surface area contributed by atoms with E-state index in [-0.39, 0.29) is 24.5 Å². The first kappa shape index (κ1) is 19.6. The van der Waals surface area contributed by atoms with Gasteiger partial charge in [-0.05, 0) is 36.2 Å². The number of Topliss-reactive ketones (excluding diaryl/α,β-unsaturated/α-hetero) is 1. The highest BCUT2D eigenvalue weighted by atomic mass is 16.5. The number of methoxy groups -OCH3 is 2. The van der Waals surface area contributed by atoms with E-state index in [1.165, 1.54) is 12.0 Å². The van der Waals surface area contributed by atoms with E-state index in [1.807, 2.05) is 37.3 Å². The largest absolute Gasteiger partial charge is 0.507 e. The Morgan fingerprint density at radius 1 is 1.11 bits per heavy atom. The van der Waals surface area contributed by atoms with Crippen LogP contribution in [-0.2, 0) is 14.3 Å². The molecule has 28 heavy (non-hydrogen) atoms. The third-order valence-electron chi connectivity index (χ3n) is 4.88. The van der Waals surface area contributed by atoms with Gasteiger partial charge in [0.05, 0.1) is 25.3 Å². The summed E-state index contributed by atoms with van der Waals surface area (Å²) < 4.78 is 10.3. The lowest BCUT2D eigenvalue weighted by Crippen LogP contribution is -2.32. The minimum absolute atomic E-state index is 0.0839. The monoisotopic (exact) mass is 381 g/mol. The van der Waals surface area contributed by atoms with E-state index in [2.05, 4.69) is 0 Å². The maximum absolute atomic E-state index is 12.8. The Labute approximate surface area is 164 Å². The molecule has 0 saturated carbocycles. The molecule has 0 aliphatic carbocycles. The molecule has 1 amide bonds. The smallest absolute Gasteiger partial charge is 0.295 e. The molecule has 0 bridgehead atoms. The van der Waals surface area contributed by atoms with Crippen molar-refractivity contribution in [2.24, 2.45) is 0 Å². The average molecular weight is 381 g/mol. The first-order chi connectivity index (χ1) is 13.5. The number of carbonyl (C=O) groups excluding carboxylic acids is 2. The number of likely N-dealkylation sites (tertiary alicyclic amines) is 1. The average Bonchev–Trinajstić information content (AvgIpc) is 2.97. The number of carbonyl (C=O) groups is 2. The molecular weight excluding hydrogens is 358 g/mol. The third kappa shape index (κ3) is 3.51. The van der Waals surface area contributed by atoms with Crippen LogP contribution in [0.1, 0.15) is 22.7 Å². The number of rotatable bonds is 6. The van der Waals surface area contributed by atoms with Crippen molar-refractivity contribution in [3.63, 3.8) is 0 Å². The van der Waals surface area contributed by atoms with Crippen molar-refractivity contribution in [1.82, 2.24) is 4.90 Å². The molecule has 1 aliphatic rings. The zero-order valence-electron chi connectivity index (χ0n) is 16.1. The van der Waals surface area contributed by atoms with Crippen LogP contribution in [0.3, 0.4) is 0 Å². The number of aryl methyl sites for hydroxylation is 1. The fourth-order valence-electron chi connectivity index (χ4n) is 3.46. The summed E-state index contributed by atoms with van der Waals surface area (Å²) in [7, 11) is 3.10. The minimum Gasteiger partial charge on any atom is -0.507 e. The summed E-state index contributed by atoms with van der Waals surface area (Å²) in [5.41, 5.74) is 2.07. The lowest BCUT2D eigenvalue weighted by Gasteiger charge is -2.25. The molecule has 146 valence electrons. The number of ether oxygens (including phenoxy) is 2. The zero-order chi connectivity index (χ0) is 20.3. The van der Waals surface area contributed by atoms with Gasteiger partial charge in [-0.25, -0.2) is 0 Å². The molecule has 1 N–H and O–H groups in total. The van der Waals surface area contributed by atoms with Gasteiger partial charge in [-0.3, -0.25) is 9.59 Å². The highest BCUT2D eigenvalue weighted by Gasteiger charge is 2.45. The summed E-state index contributed by atoms with van der Waals surface area (Å²) in [6.07, 6.45) is 0. The van der Waals surface area contributed by atoms with Crippen LogP contribution in [0.4, 0.5) is 0 Å². The number of nitrogens with zero attached hydrogens (tertiary/aromatic N) is 1. The van der Waals surface area contributed by atoms with Gasteiger partial charge in [0.1, 0.15) is 11.5 Å². The molecule has 1 aliphatic heterocycles. The highest BCUT2D eigenvalue weighted by Crippen LogP contribution is 2.39. The number of benzene rings is 2. The van der Waals surface area contributed by atoms with E-state index in [0.717, 1.165) is 11.1 Å². The van der Waals surface area contributed by atoms with E-state index < -0.39 is 17.7 Å². The second kappa shape index (κ2) is 8.27. The molecule has 6 heteroatoms. The van der Waals surface area contributed by atoms with E-state index in [0.29, 0.717) is 11.3 Å². The topological polar surface area (TPSA) is 76.1 Å². The molecule has 0 spiro atoms. The molecule has 1 heterocycles. The summed E-state index contributed by atoms with van der Waals surface area (Å²) in [4.78, 5) is 27.0. The first-order valence-corrected chi connectivity index (χ1v) is 8.97. The van der Waals surface area contributed by atoms with Gasteiger partial charge in [0.15, 0.2) is 0 Å². The van der Waals surface area contributed by atoms with Crippen molar-refractivity contribution in [2.45, 2.75) is 13.0 Å². The third-order valence-corrected chi connectivity index (χ3v) is 4.88. The lowest BCUT2D eigenvalue weighted by molar-refractivity contribution is -0.140. The molecule has 6 nitrogen and oxygen atoms in total. The maximum Gasteiger partial charge on any atom is 0.295 e. The number of hydrogen-bond acceptors (Lipinski definition) is 5. The predicted molar refractivity (Wildman–Crippen MR) is 105 cm³/mol. The predicted octanol–water partition coefficient (Wildman–Crippen LogP) is 3.07. The Morgan fingerprint density at radius 3 is 2.43 bits per heavy atom. The molecule has 0 aromatic heterocycles. The number of hydrogen-bond donors (Lipinski definition) is 1. The molecule has 0 radical (unpaired) electrons. The second-order valence-electron chi connectivity index (χ2n) is 6.58. The molecule has 3 rings (SSSR count). The van der Waals surface area contributed by atoms with Crippen LogP contribution >= 0.6 is 0 Å². The Hall–Kier alpha value is -3.12. The number of aliphatic hydroxyl groups excluding tert-OH is 1. The highest BCUT2D eigenvalue weighted by molar-refractivity contribution is 6.46. The quantitative estimate of drug-likeness (QED) is 0.473. The van der Waals surface area contributed by atoms with Crippen LogP contribution < -0.4 is 4.74 Å². The molecule has 1 atom stereocenters. The van der Waals surface area contributed by atoms with Crippen molar-refractivity contribution in [3.05, 3.63) is 70.8 Å². The van der Waals surface area contributed by atoms with Crippen LogP contribution in [0, 0.1) is 6.92 Å². The van der Waals surface area contributed by atoms with Crippen LogP contribution in [0.2, 0.25) is 0 Å². The normalized spacial score (nSPS) is 18.5. The summed E-state index contributed by atoms with van der Waals surface area (Å²) in [6, 6.07) is 13.7. The molecule has 2 aromatic carbocycles. The fraction of sp³-hybridized carbons (Fsp3) is 0.273. The van der Waals surface area contributed by atoms with Gasteiger partial charge in [-0.2, -0.15) is 0 Å². The maximum atomic E-state index is 12.8. The van der Waals surface area contributed by atoms with E-state index in [1.54, 1.807) is 25.3 Å². The fourth-order valence-corrected chi connectivity index (χ4v) is 3.46. The van der Waals surface area contributed by atoms with Crippen LogP contribution in [0.15, 0.2) is 54.1 Å². The SMILES string of the molecule is COCCN1C(=O)C(=O)C(=C(O)c2ccc(OC)cc2C)[C@@H]1c1ccccc1. The summed E-state index contributed by atoms with van der Waals surface area (Å²) >= 11 is 0. The van der Waals surface area contributed by atoms with Gasteiger partial charge in [-0.1, -0.05) is 30.3 Å². The van der Waals surface area contributed by atoms with Gasteiger partial charge in [-0.15, -0.1) is 0 Å². The summed E-state index contributed by atoms with van der Waals surface area (Å²) in [5, 5.41) is 11.0. The Balaban J connectivity index is 2.16. The van der Waals surface area contributed by atoms with Gasteiger partial charge < -0.3 is 19.5 Å². The Kier molecular flexibility index (Phi) is 5.80. The van der Waals surface area contributed by atoms with Crippen molar-refractivity contribution >= 4 is 17.4 Å². The number of aliphatic hydroxyl groups is 1. The van der Waals surface area contributed by atoms with Crippen LogP contribution in [-0.4, -0.2) is 49.1 Å². The van der Waals surface area contributed by atoms with E-state index >= 15 is 0 Å². The molecule has 1 saturated heterocycles. The molecule has 0 unspecified atom stereocenters. The minimum atomic E-state index is -0.697. The standard InChI is InChI=1S/C22H23NO5/c1-14-13-16(28-3)9-10-17(14)20(24)18-19(15-7-5-4-6-8-15)23(11-12-27-2)22(26)21(18)25/h4-10,13,19,24H,11-12H2,1-3H3/t19-/m0/s1. The van der Waals surface area contributed by atoms with Crippen LogP contribution in [0.25, 0.3) is 5.76 Å². The Morgan fingerprint density at radius 2 is 1.82 bits per heavy atom. The number of ketones is 1. The Bertz CT molecular complexity index is 920. The summed E-state index contributed by atoms with van der Waals surface area (Å²) in [6.45, 7) is 2.35. The van der Waals surface area contributed by atoms with Crippen molar-refractivity contribution in [1.29, 1.82) is 0 Å². The van der Waals surface area contributed by atoms with E-state index in [4.69, 9.17) is 9.47 Å². The van der Waals surface area contributed by atoms with Crippen LogP contribution in [0.5, 0.6) is 5.75 Å². The van der Waals surface area contributed by atoms with Crippen molar-refractivity contribution < 1.29 is 24.2 Å². The van der Waals surface area contributed by atoms with Gasteiger partial charge >= 0.3 is 0 Å². The van der Waals surface area contributed by atoms with Gasteiger partial charge in [0.2, 0.25) is 0 Å². The summed E-state index contributed by atoms with van der Waals surface area (Å²) in [5.74, 6) is -0.877. The van der Waals surface area contributed by atoms with Crippen molar-refractivity contribution in [3.8, 4) is 5.75 Å². The molecule has 2 aromatic rings. The molecule has 1 fully saturated rings. The van der Waals surface area contributed by atoms with E-state index in [9.17, 15) is 14.7 Å². The zero-order valence-corrected chi connectivity index (χ0v) is 16.1.